The van der Waals surface area contributed by atoms with E-state index in [0.29, 0.717) is 12.3 Å². The van der Waals surface area contributed by atoms with Crippen LogP contribution in [0, 0.1) is 4.77 Å². The second-order valence-corrected chi connectivity index (χ2v) is 6.96. The fourth-order valence-electron chi connectivity index (χ4n) is 3.27. The molecule has 4 rings (SSSR count). The molecule has 9 heteroatoms. The Labute approximate surface area is 145 Å². The molecule has 1 aliphatic carbocycles. The molecule has 5 nitrogen and oxygen atoms in total. The van der Waals surface area contributed by atoms with Crippen molar-refractivity contribution < 1.29 is 17.9 Å². The molecule has 0 unspecified atom stereocenters. The fraction of sp³-hybridized carbons (Fsp3) is 0.562. The molecule has 3 heterocycles. The molecular formula is C16H16F3N3O2S. The molecule has 1 saturated carbocycles. The molecule has 134 valence electrons. The third kappa shape index (κ3) is 3.10. The molecule has 1 atom stereocenters. The Kier molecular flexibility index (Phi) is 3.95. The number of hydrogen-bond acceptors (Lipinski definition) is 4. The molecule has 2 aromatic heterocycles. The minimum absolute atomic E-state index is 0.000903. The number of fused-ring (bicyclic) bond motifs is 1. The maximum atomic E-state index is 13.6. The lowest BCUT2D eigenvalue weighted by atomic mass is 10.1. The first-order valence-electron chi connectivity index (χ1n) is 8.21. The number of aromatic nitrogens is 3. The van der Waals surface area contributed by atoms with Gasteiger partial charge in [-0.25, -0.2) is 4.98 Å². The fourth-order valence-corrected chi connectivity index (χ4v) is 3.52. The van der Waals surface area contributed by atoms with Crippen LogP contribution < -0.4 is 5.56 Å². The summed E-state index contributed by atoms with van der Waals surface area (Å²) in [6, 6.07) is 1.01. The minimum atomic E-state index is -4.64. The van der Waals surface area contributed by atoms with Crippen LogP contribution in [-0.2, 0) is 17.5 Å². The van der Waals surface area contributed by atoms with Gasteiger partial charge in [0.05, 0.1) is 23.6 Å². The van der Waals surface area contributed by atoms with Crippen molar-refractivity contribution in [2.75, 3.05) is 6.61 Å². The highest BCUT2D eigenvalue weighted by atomic mass is 32.1. The minimum Gasteiger partial charge on any atom is -0.376 e. The number of alkyl halides is 3. The van der Waals surface area contributed by atoms with E-state index in [9.17, 15) is 18.0 Å². The monoisotopic (exact) mass is 371 g/mol. The Hall–Kier alpha value is -1.74. The van der Waals surface area contributed by atoms with Gasteiger partial charge in [0.25, 0.3) is 5.56 Å². The van der Waals surface area contributed by atoms with E-state index in [0.717, 1.165) is 31.7 Å². The number of halogens is 3. The number of H-pyrrole nitrogens is 1. The molecule has 1 N–H and O–H groups in total. The lowest BCUT2D eigenvalue weighted by Gasteiger charge is -2.18. The smallest absolute Gasteiger partial charge is 0.376 e. The summed E-state index contributed by atoms with van der Waals surface area (Å²) >= 11 is 5.19. The SMILES string of the molecule is O=c1[nH]c(=S)n(C[C@H]2CCCO2)c2nc(C3CC3)cc(C(F)(F)F)c12. The largest absolute Gasteiger partial charge is 0.417 e. The van der Waals surface area contributed by atoms with Crippen LogP contribution in [0.1, 0.15) is 42.9 Å². The van der Waals surface area contributed by atoms with Crippen molar-refractivity contribution in [3.63, 3.8) is 0 Å². The Balaban J connectivity index is 1.99. The van der Waals surface area contributed by atoms with Gasteiger partial charge in [-0.2, -0.15) is 13.2 Å². The van der Waals surface area contributed by atoms with E-state index in [-0.39, 0.29) is 29.0 Å². The van der Waals surface area contributed by atoms with E-state index in [1.165, 1.54) is 4.57 Å². The van der Waals surface area contributed by atoms with Gasteiger partial charge < -0.3 is 4.74 Å². The van der Waals surface area contributed by atoms with Crippen molar-refractivity contribution in [2.24, 2.45) is 0 Å². The van der Waals surface area contributed by atoms with Gasteiger partial charge in [-0.15, -0.1) is 0 Å². The number of hydrogen-bond donors (Lipinski definition) is 1. The summed E-state index contributed by atoms with van der Waals surface area (Å²) in [6.07, 6.45) is -1.45. The average molecular weight is 371 g/mol. The highest BCUT2D eigenvalue weighted by molar-refractivity contribution is 7.71. The van der Waals surface area contributed by atoms with Gasteiger partial charge in [-0.1, -0.05) is 0 Å². The van der Waals surface area contributed by atoms with Gasteiger partial charge in [-0.3, -0.25) is 14.3 Å². The van der Waals surface area contributed by atoms with Gasteiger partial charge in [0.15, 0.2) is 4.77 Å². The summed E-state index contributed by atoms with van der Waals surface area (Å²) in [6.45, 7) is 0.901. The molecule has 0 aromatic carbocycles. The number of aromatic amines is 1. The Bertz CT molecular complexity index is 941. The summed E-state index contributed by atoms with van der Waals surface area (Å²) in [4.78, 5) is 19.0. The van der Waals surface area contributed by atoms with E-state index >= 15 is 0 Å². The molecule has 0 radical (unpaired) electrons. The molecule has 25 heavy (non-hydrogen) atoms. The Morgan fingerprint density at radius 3 is 2.72 bits per heavy atom. The second-order valence-electron chi connectivity index (χ2n) is 6.57. The predicted octanol–water partition coefficient (Wildman–Crippen LogP) is 3.53. The van der Waals surface area contributed by atoms with Crippen LogP contribution in [0.2, 0.25) is 0 Å². The van der Waals surface area contributed by atoms with Crippen LogP contribution in [0.25, 0.3) is 11.0 Å². The van der Waals surface area contributed by atoms with Gasteiger partial charge in [0, 0.05) is 18.2 Å². The highest BCUT2D eigenvalue weighted by Gasteiger charge is 2.37. The normalized spacial score (nSPS) is 21.2. The topological polar surface area (TPSA) is 59.9 Å². The number of rotatable bonds is 3. The van der Waals surface area contributed by atoms with Crippen LogP contribution in [-0.4, -0.2) is 27.2 Å². The van der Waals surface area contributed by atoms with Crippen LogP contribution in [0.4, 0.5) is 13.2 Å². The first-order chi connectivity index (χ1) is 11.8. The molecule has 1 aliphatic heterocycles. The van der Waals surface area contributed by atoms with Crippen molar-refractivity contribution in [3.8, 4) is 0 Å². The van der Waals surface area contributed by atoms with Gasteiger partial charge in [0.2, 0.25) is 0 Å². The van der Waals surface area contributed by atoms with E-state index < -0.39 is 22.7 Å². The van der Waals surface area contributed by atoms with Crippen LogP contribution in [0.5, 0.6) is 0 Å². The summed E-state index contributed by atoms with van der Waals surface area (Å²) in [5.41, 5.74) is -1.43. The van der Waals surface area contributed by atoms with Crippen LogP contribution in [0.15, 0.2) is 10.9 Å². The van der Waals surface area contributed by atoms with Crippen molar-refractivity contribution in [1.29, 1.82) is 0 Å². The quantitative estimate of drug-likeness (QED) is 0.839. The zero-order chi connectivity index (χ0) is 17.8. The molecule has 0 bridgehead atoms. The number of ether oxygens (including phenoxy) is 1. The predicted molar refractivity (Wildman–Crippen MR) is 87.1 cm³/mol. The zero-order valence-corrected chi connectivity index (χ0v) is 14.0. The molecule has 2 aromatic rings. The second kappa shape index (κ2) is 5.91. The third-order valence-electron chi connectivity index (χ3n) is 4.68. The van der Waals surface area contributed by atoms with Crippen molar-refractivity contribution in [2.45, 2.75) is 50.4 Å². The summed E-state index contributed by atoms with van der Waals surface area (Å²) in [5.74, 6) is 0.0227. The van der Waals surface area contributed by atoms with Crippen LogP contribution in [0.3, 0.4) is 0 Å². The number of pyridine rings is 1. The zero-order valence-electron chi connectivity index (χ0n) is 13.2. The standard InChI is InChI=1S/C16H16F3N3O2S/c17-16(18,19)10-6-11(8-3-4-8)20-13-12(10)14(23)21-15(25)22(13)7-9-2-1-5-24-9/h6,8-9H,1-5,7H2,(H,21,23,25)/t9-/m1/s1. The molecule has 0 amide bonds. The third-order valence-corrected chi connectivity index (χ3v) is 5.00. The lowest BCUT2D eigenvalue weighted by molar-refractivity contribution is -0.136. The van der Waals surface area contributed by atoms with E-state index in [4.69, 9.17) is 17.0 Å². The first-order valence-corrected chi connectivity index (χ1v) is 8.62. The van der Waals surface area contributed by atoms with Crippen LogP contribution >= 0.6 is 12.2 Å². The number of nitrogens with one attached hydrogen (secondary N) is 1. The molecule has 2 fully saturated rings. The Morgan fingerprint density at radius 2 is 2.12 bits per heavy atom. The lowest BCUT2D eigenvalue weighted by Crippen LogP contribution is -2.24. The molecule has 0 spiro atoms. The van der Waals surface area contributed by atoms with Gasteiger partial charge in [0.1, 0.15) is 5.65 Å². The average Bonchev–Trinajstić information content (AvgIpc) is 3.26. The summed E-state index contributed by atoms with van der Waals surface area (Å²) in [7, 11) is 0. The summed E-state index contributed by atoms with van der Waals surface area (Å²) < 4.78 is 47.8. The van der Waals surface area contributed by atoms with Crippen molar-refractivity contribution in [1.82, 2.24) is 14.5 Å². The van der Waals surface area contributed by atoms with E-state index in [2.05, 4.69) is 9.97 Å². The molecule has 2 aliphatic rings. The maximum absolute atomic E-state index is 13.6. The van der Waals surface area contributed by atoms with Crippen molar-refractivity contribution >= 4 is 23.3 Å². The van der Waals surface area contributed by atoms with Gasteiger partial charge in [-0.05, 0) is 44.0 Å². The molecule has 1 saturated heterocycles. The maximum Gasteiger partial charge on any atom is 0.417 e. The number of nitrogens with zero attached hydrogens (tertiary/aromatic N) is 2. The van der Waals surface area contributed by atoms with E-state index in [1.54, 1.807) is 0 Å². The van der Waals surface area contributed by atoms with Crippen molar-refractivity contribution in [3.05, 3.63) is 32.4 Å². The first kappa shape index (κ1) is 16.7. The van der Waals surface area contributed by atoms with Gasteiger partial charge >= 0.3 is 6.18 Å². The molecular weight excluding hydrogens is 355 g/mol. The highest BCUT2D eigenvalue weighted by Crippen LogP contribution is 2.42. The van der Waals surface area contributed by atoms with E-state index in [1.807, 2.05) is 0 Å². The summed E-state index contributed by atoms with van der Waals surface area (Å²) in [5, 5.41) is -0.455. The Morgan fingerprint density at radius 1 is 1.36 bits per heavy atom.